The number of hydrogen-bond donors (Lipinski definition) is 1. The number of furan rings is 1. The van der Waals surface area contributed by atoms with E-state index in [1.807, 2.05) is 30.3 Å². The number of nitrogens with two attached hydrogens (primary N) is 1. The number of benzene rings is 2. The first-order valence-corrected chi connectivity index (χ1v) is 11.6. The van der Waals surface area contributed by atoms with Crippen LogP contribution in [0.3, 0.4) is 0 Å². The normalized spacial score (nSPS) is 15.9. The first-order chi connectivity index (χ1) is 14.3. The number of thiocarbonyl (C=S) groups is 1. The van der Waals surface area contributed by atoms with Crippen LogP contribution in [0.15, 0.2) is 80.9 Å². The third-order valence-electron chi connectivity index (χ3n) is 4.42. The molecule has 1 saturated heterocycles. The first-order valence-electron chi connectivity index (χ1n) is 8.83. The lowest BCUT2D eigenvalue weighted by Crippen LogP contribution is -2.26. The number of nitrogens with zero attached hydrogens (tertiary/aromatic N) is 1. The minimum Gasteiger partial charge on any atom is -0.457 e. The summed E-state index contributed by atoms with van der Waals surface area (Å²) in [4.78, 5) is 15.1. The van der Waals surface area contributed by atoms with Crippen molar-refractivity contribution in [3.8, 4) is 11.3 Å². The standard InChI is InChI=1S/C21H16N2O4S3/c22-30(25,26)17-9-6-15(7-10-17)18-11-8-16(27-18)12-19-20(28)23(21(24)29-19)13-14-4-2-1-3-5-14/h1-12H,13H2,(H2,22,25,26). The average Bonchev–Trinajstić information content (AvgIpc) is 3.29. The second-order valence-electron chi connectivity index (χ2n) is 6.52. The summed E-state index contributed by atoms with van der Waals surface area (Å²) in [6.07, 6.45) is 1.73. The molecule has 0 unspecified atom stereocenters. The molecular formula is C21H16N2O4S3. The first kappa shape index (κ1) is 20.5. The Balaban J connectivity index is 1.53. The third kappa shape index (κ3) is 4.39. The van der Waals surface area contributed by atoms with E-state index in [4.69, 9.17) is 21.8 Å². The highest BCUT2D eigenvalue weighted by molar-refractivity contribution is 8.19. The largest absolute Gasteiger partial charge is 0.457 e. The van der Waals surface area contributed by atoms with Gasteiger partial charge in [-0.3, -0.25) is 9.69 Å². The molecule has 1 amide bonds. The van der Waals surface area contributed by atoms with E-state index in [2.05, 4.69) is 0 Å². The van der Waals surface area contributed by atoms with Crippen molar-refractivity contribution in [1.29, 1.82) is 0 Å². The van der Waals surface area contributed by atoms with Gasteiger partial charge in [-0.25, -0.2) is 13.6 Å². The number of amides is 1. The predicted molar refractivity (Wildman–Crippen MR) is 121 cm³/mol. The van der Waals surface area contributed by atoms with E-state index < -0.39 is 10.0 Å². The Bertz CT molecular complexity index is 1250. The zero-order valence-corrected chi connectivity index (χ0v) is 18.0. The Hall–Kier alpha value is -2.72. The van der Waals surface area contributed by atoms with Crippen LogP contribution in [0, 0.1) is 0 Å². The number of primary sulfonamides is 1. The fourth-order valence-corrected chi connectivity index (χ4v) is 4.66. The molecule has 0 aliphatic carbocycles. The van der Waals surface area contributed by atoms with E-state index >= 15 is 0 Å². The molecule has 3 aromatic rings. The lowest BCUT2D eigenvalue weighted by molar-refractivity contribution is 0.244. The molecular weight excluding hydrogens is 440 g/mol. The van der Waals surface area contributed by atoms with E-state index in [1.165, 1.54) is 12.1 Å². The van der Waals surface area contributed by atoms with Gasteiger partial charge in [0.15, 0.2) is 0 Å². The van der Waals surface area contributed by atoms with Crippen molar-refractivity contribution < 1.29 is 17.6 Å². The number of carbonyl (C=O) groups is 1. The molecule has 0 spiro atoms. The topological polar surface area (TPSA) is 93.6 Å². The van der Waals surface area contributed by atoms with Crippen molar-refractivity contribution in [1.82, 2.24) is 4.90 Å². The second kappa shape index (κ2) is 8.19. The van der Waals surface area contributed by atoms with Gasteiger partial charge in [0.25, 0.3) is 5.24 Å². The Labute approximate surface area is 183 Å². The molecule has 30 heavy (non-hydrogen) atoms. The molecule has 152 valence electrons. The highest BCUT2D eigenvalue weighted by Gasteiger charge is 2.31. The molecule has 2 N–H and O–H groups in total. The van der Waals surface area contributed by atoms with Crippen LogP contribution in [0.1, 0.15) is 11.3 Å². The lowest BCUT2D eigenvalue weighted by atomic mass is 10.2. The van der Waals surface area contributed by atoms with Gasteiger partial charge in [-0.15, -0.1) is 0 Å². The Morgan fingerprint density at radius 2 is 1.73 bits per heavy atom. The highest BCUT2D eigenvalue weighted by Crippen LogP contribution is 2.35. The van der Waals surface area contributed by atoms with Gasteiger partial charge in [-0.1, -0.05) is 42.5 Å². The monoisotopic (exact) mass is 456 g/mol. The van der Waals surface area contributed by atoms with Crippen LogP contribution >= 0.6 is 24.0 Å². The zero-order chi connectivity index (χ0) is 21.3. The molecule has 9 heteroatoms. The number of rotatable bonds is 5. The van der Waals surface area contributed by atoms with Gasteiger partial charge in [-0.2, -0.15) is 0 Å². The zero-order valence-electron chi connectivity index (χ0n) is 15.5. The van der Waals surface area contributed by atoms with Crippen LogP contribution in [0.25, 0.3) is 17.4 Å². The van der Waals surface area contributed by atoms with Crippen molar-refractivity contribution in [3.63, 3.8) is 0 Å². The van der Waals surface area contributed by atoms with Crippen LogP contribution in [0.5, 0.6) is 0 Å². The Morgan fingerprint density at radius 1 is 1.03 bits per heavy atom. The summed E-state index contributed by atoms with van der Waals surface area (Å²) < 4.78 is 28.6. The van der Waals surface area contributed by atoms with Gasteiger partial charge in [-0.05, 0) is 59.8 Å². The summed E-state index contributed by atoms with van der Waals surface area (Å²) in [7, 11) is -3.75. The fourth-order valence-electron chi connectivity index (χ4n) is 2.93. The molecule has 1 fully saturated rings. The van der Waals surface area contributed by atoms with Gasteiger partial charge in [0.05, 0.1) is 16.3 Å². The van der Waals surface area contributed by atoms with Gasteiger partial charge in [0.2, 0.25) is 10.0 Å². The number of sulfonamides is 1. The molecule has 1 aliphatic rings. The predicted octanol–water partition coefficient (Wildman–Crippen LogP) is 4.63. The third-order valence-corrected chi connectivity index (χ3v) is 6.85. The molecule has 0 radical (unpaired) electrons. The maximum absolute atomic E-state index is 12.4. The molecule has 2 aromatic carbocycles. The van der Waals surface area contributed by atoms with Gasteiger partial charge in [0, 0.05) is 5.56 Å². The molecule has 6 nitrogen and oxygen atoms in total. The minimum atomic E-state index is -3.75. The number of hydrogen-bond acceptors (Lipinski definition) is 6. The molecule has 0 bridgehead atoms. The summed E-state index contributed by atoms with van der Waals surface area (Å²) >= 11 is 6.56. The summed E-state index contributed by atoms with van der Waals surface area (Å²) in [6, 6.07) is 19.3. The maximum atomic E-state index is 12.4. The van der Waals surface area contributed by atoms with Crippen LogP contribution in [0.2, 0.25) is 0 Å². The van der Waals surface area contributed by atoms with Crippen molar-refractivity contribution in [2.75, 3.05) is 0 Å². The SMILES string of the molecule is NS(=O)(=O)c1ccc(-c2ccc(C=C3SC(=O)N(Cc4ccccc4)C3=S)o2)cc1. The summed E-state index contributed by atoms with van der Waals surface area (Å²) in [6.45, 7) is 0.419. The van der Waals surface area contributed by atoms with Gasteiger partial charge < -0.3 is 4.42 Å². The maximum Gasteiger partial charge on any atom is 0.291 e. The van der Waals surface area contributed by atoms with Crippen LogP contribution in [-0.2, 0) is 16.6 Å². The van der Waals surface area contributed by atoms with Crippen LogP contribution in [-0.4, -0.2) is 23.5 Å². The molecule has 4 rings (SSSR count). The van der Waals surface area contributed by atoms with Gasteiger partial charge >= 0.3 is 0 Å². The molecule has 0 saturated carbocycles. The van der Waals surface area contributed by atoms with E-state index in [-0.39, 0.29) is 10.1 Å². The van der Waals surface area contributed by atoms with Crippen molar-refractivity contribution in [2.45, 2.75) is 11.4 Å². The molecule has 0 atom stereocenters. The molecule has 1 aliphatic heterocycles. The van der Waals surface area contributed by atoms with Crippen LogP contribution < -0.4 is 5.14 Å². The van der Waals surface area contributed by atoms with E-state index in [9.17, 15) is 13.2 Å². The van der Waals surface area contributed by atoms with E-state index in [0.717, 1.165) is 17.3 Å². The second-order valence-corrected chi connectivity index (χ2v) is 9.47. The van der Waals surface area contributed by atoms with Crippen molar-refractivity contribution in [3.05, 3.63) is 83.0 Å². The van der Waals surface area contributed by atoms with E-state index in [1.54, 1.807) is 35.2 Å². The number of carbonyl (C=O) groups excluding carboxylic acids is 1. The van der Waals surface area contributed by atoms with Gasteiger partial charge in [0.1, 0.15) is 16.5 Å². The van der Waals surface area contributed by atoms with E-state index in [0.29, 0.717) is 33.5 Å². The smallest absolute Gasteiger partial charge is 0.291 e. The van der Waals surface area contributed by atoms with Crippen molar-refractivity contribution >= 4 is 50.3 Å². The molecule has 2 heterocycles. The Kier molecular flexibility index (Phi) is 5.61. The molecule has 1 aromatic heterocycles. The highest BCUT2D eigenvalue weighted by atomic mass is 32.2. The van der Waals surface area contributed by atoms with Crippen molar-refractivity contribution in [2.24, 2.45) is 5.14 Å². The van der Waals surface area contributed by atoms with Crippen LogP contribution in [0.4, 0.5) is 4.79 Å². The summed E-state index contributed by atoms with van der Waals surface area (Å²) in [5, 5.41) is 5.00. The average molecular weight is 457 g/mol. The Morgan fingerprint density at radius 3 is 2.40 bits per heavy atom. The summed E-state index contributed by atoms with van der Waals surface area (Å²) in [5.74, 6) is 1.10. The fraction of sp³-hybridized carbons (Fsp3) is 0.0476. The lowest BCUT2D eigenvalue weighted by Gasteiger charge is -2.14. The summed E-state index contributed by atoms with van der Waals surface area (Å²) in [5.41, 5.74) is 1.70. The number of thioether (sulfide) groups is 1. The quantitative estimate of drug-likeness (QED) is 0.444. The minimum absolute atomic E-state index is 0.0323.